The van der Waals surface area contributed by atoms with Crippen LogP contribution in [0, 0.1) is 10.1 Å². The molecule has 0 aromatic carbocycles. The largest absolute Gasteiger partial charge is 0.381 e. The molecule has 1 atom stereocenters. The molecule has 80 valence electrons. The molecule has 0 saturated carbocycles. The van der Waals surface area contributed by atoms with Crippen molar-refractivity contribution in [2.45, 2.75) is 24.9 Å². The Kier molecular flexibility index (Phi) is 4.03. The van der Waals surface area contributed by atoms with E-state index < -0.39 is 10.5 Å². The first-order valence-electron chi connectivity index (χ1n) is 4.64. The van der Waals surface area contributed by atoms with Gasteiger partial charge in [0.15, 0.2) is 0 Å². The van der Waals surface area contributed by atoms with Crippen LogP contribution in [0.25, 0.3) is 0 Å². The number of hydrogen-bond donors (Lipinski definition) is 0. The molecule has 0 aromatic heterocycles. The fraction of sp³-hybridized carbons (Fsp3) is 0.778. The van der Waals surface area contributed by atoms with Crippen LogP contribution in [0.15, 0.2) is 12.3 Å². The minimum atomic E-state index is -0.583. The SMILES string of the molecule is COCC1(/C=C/[N+](=O)[O-])CCCCO1. The zero-order chi connectivity index (χ0) is 10.4. The summed E-state index contributed by atoms with van der Waals surface area (Å²) >= 11 is 0. The first-order chi connectivity index (χ1) is 6.68. The summed E-state index contributed by atoms with van der Waals surface area (Å²) in [5.41, 5.74) is -0.583. The third kappa shape index (κ3) is 3.08. The first-order valence-corrected chi connectivity index (χ1v) is 4.64. The minimum absolute atomic E-state index is 0.372. The van der Waals surface area contributed by atoms with Crippen LogP contribution >= 0.6 is 0 Å². The Hall–Kier alpha value is -0.940. The van der Waals surface area contributed by atoms with Crippen LogP contribution in [0.5, 0.6) is 0 Å². The van der Waals surface area contributed by atoms with Gasteiger partial charge in [0.2, 0.25) is 6.20 Å². The smallest absolute Gasteiger partial charge is 0.233 e. The molecule has 5 heteroatoms. The van der Waals surface area contributed by atoms with Gasteiger partial charge >= 0.3 is 0 Å². The average Bonchev–Trinajstić information content (AvgIpc) is 2.17. The molecule has 5 nitrogen and oxygen atoms in total. The van der Waals surface area contributed by atoms with E-state index in [1.807, 2.05) is 0 Å². The Bertz CT molecular complexity index is 215. The number of nitro groups is 1. The molecule has 1 rings (SSSR count). The summed E-state index contributed by atoms with van der Waals surface area (Å²) < 4.78 is 10.6. The maximum Gasteiger partial charge on any atom is 0.233 e. The van der Waals surface area contributed by atoms with Crippen molar-refractivity contribution in [3.05, 3.63) is 22.4 Å². The molecule has 1 fully saturated rings. The highest BCUT2D eigenvalue weighted by molar-refractivity contribution is 5.01. The normalized spacial score (nSPS) is 28.1. The van der Waals surface area contributed by atoms with Gasteiger partial charge in [-0.25, -0.2) is 0 Å². The van der Waals surface area contributed by atoms with Crippen molar-refractivity contribution in [2.24, 2.45) is 0 Å². The fourth-order valence-electron chi connectivity index (χ4n) is 1.61. The van der Waals surface area contributed by atoms with Gasteiger partial charge < -0.3 is 9.47 Å². The Morgan fingerprint density at radius 1 is 1.64 bits per heavy atom. The summed E-state index contributed by atoms with van der Waals surface area (Å²) in [6.07, 6.45) is 5.24. The molecule has 1 saturated heterocycles. The Morgan fingerprint density at radius 3 is 2.93 bits per heavy atom. The van der Waals surface area contributed by atoms with Gasteiger partial charge in [-0.05, 0) is 19.3 Å². The number of ether oxygens (including phenoxy) is 2. The summed E-state index contributed by atoms with van der Waals surface area (Å²) in [7, 11) is 1.57. The molecule has 0 bridgehead atoms. The van der Waals surface area contributed by atoms with Crippen LogP contribution in [0.2, 0.25) is 0 Å². The predicted molar refractivity (Wildman–Crippen MR) is 50.5 cm³/mol. The molecule has 14 heavy (non-hydrogen) atoms. The molecule has 0 spiro atoms. The third-order valence-corrected chi connectivity index (χ3v) is 2.27. The van der Waals surface area contributed by atoms with E-state index in [0.29, 0.717) is 13.2 Å². The van der Waals surface area contributed by atoms with E-state index in [9.17, 15) is 10.1 Å². The van der Waals surface area contributed by atoms with E-state index in [1.165, 1.54) is 6.08 Å². The highest BCUT2D eigenvalue weighted by Gasteiger charge is 2.31. The number of hydrogen-bond acceptors (Lipinski definition) is 4. The second kappa shape index (κ2) is 5.07. The third-order valence-electron chi connectivity index (χ3n) is 2.27. The topological polar surface area (TPSA) is 61.6 Å². The van der Waals surface area contributed by atoms with Crippen LogP contribution in [0.3, 0.4) is 0 Å². The Labute approximate surface area is 82.8 Å². The molecule has 1 heterocycles. The van der Waals surface area contributed by atoms with Gasteiger partial charge in [0.1, 0.15) is 5.60 Å². The van der Waals surface area contributed by atoms with Gasteiger partial charge in [0, 0.05) is 19.8 Å². The fourth-order valence-corrected chi connectivity index (χ4v) is 1.61. The summed E-state index contributed by atoms with van der Waals surface area (Å²) in [6.45, 7) is 1.02. The lowest BCUT2D eigenvalue weighted by Crippen LogP contribution is -2.38. The van der Waals surface area contributed by atoms with Gasteiger partial charge in [0.05, 0.1) is 11.5 Å². The molecule has 0 aromatic rings. The Morgan fingerprint density at radius 2 is 2.43 bits per heavy atom. The summed E-state index contributed by atoms with van der Waals surface area (Å²) in [5.74, 6) is 0. The molecular formula is C9H15NO4. The number of nitrogens with zero attached hydrogens (tertiary/aromatic N) is 1. The molecule has 0 radical (unpaired) electrons. The minimum Gasteiger partial charge on any atom is -0.381 e. The van der Waals surface area contributed by atoms with Gasteiger partial charge in [-0.2, -0.15) is 0 Å². The first kappa shape index (κ1) is 11.1. The van der Waals surface area contributed by atoms with Gasteiger partial charge in [-0.1, -0.05) is 0 Å². The van der Waals surface area contributed by atoms with Crippen molar-refractivity contribution < 1.29 is 14.4 Å². The van der Waals surface area contributed by atoms with Crippen LogP contribution < -0.4 is 0 Å². The maximum absolute atomic E-state index is 10.2. The summed E-state index contributed by atoms with van der Waals surface area (Å²) in [6, 6.07) is 0. The van der Waals surface area contributed by atoms with Crippen molar-refractivity contribution in [1.82, 2.24) is 0 Å². The van der Waals surface area contributed by atoms with Crippen LogP contribution in [-0.4, -0.2) is 30.8 Å². The van der Waals surface area contributed by atoms with Crippen molar-refractivity contribution in [2.75, 3.05) is 20.3 Å². The highest BCUT2D eigenvalue weighted by Crippen LogP contribution is 2.26. The lowest BCUT2D eigenvalue weighted by Gasteiger charge is -2.33. The average molecular weight is 201 g/mol. The maximum atomic E-state index is 10.2. The van der Waals surface area contributed by atoms with E-state index in [1.54, 1.807) is 7.11 Å². The summed E-state index contributed by atoms with van der Waals surface area (Å²) in [4.78, 5) is 9.73. The predicted octanol–water partition coefficient (Wildman–Crippen LogP) is 1.36. The van der Waals surface area contributed by atoms with Gasteiger partial charge in [-0.15, -0.1) is 0 Å². The molecule has 0 N–H and O–H groups in total. The standard InChI is InChI=1S/C9H15NO4/c1-13-8-9(5-6-10(11)12)4-2-3-7-14-9/h5-6H,2-4,7-8H2,1H3/b6-5+. The molecule has 1 aliphatic rings. The van der Waals surface area contributed by atoms with Crippen molar-refractivity contribution >= 4 is 0 Å². The molecule has 1 aliphatic heterocycles. The van der Waals surface area contributed by atoms with Crippen LogP contribution in [-0.2, 0) is 9.47 Å². The molecule has 1 unspecified atom stereocenters. The molecule has 0 amide bonds. The van der Waals surface area contributed by atoms with Crippen molar-refractivity contribution in [3.8, 4) is 0 Å². The van der Waals surface area contributed by atoms with Gasteiger partial charge in [0.25, 0.3) is 0 Å². The van der Waals surface area contributed by atoms with E-state index >= 15 is 0 Å². The van der Waals surface area contributed by atoms with E-state index in [4.69, 9.17) is 9.47 Å². The van der Waals surface area contributed by atoms with Crippen molar-refractivity contribution in [3.63, 3.8) is 0 Å². The lowest BCUT2D eigenvalue weighted by molar-refractivity contribution is -0.403. The second-order valence-electron chi connectivity index (χ2n) is 3.40. The highest BCUT2D eigenvalue weighted by atomic mass is 16.6. The zero-order valence-electron chi connectivity index (χ0n) is 8.27. The van der Waals surface area contributed by atoms with E-state index in [2.05, 4.69) is 0 Å². The van der Waals surface area contributed by atoms with E-state index in [-0.39, 0.29) is 0 Å². The van der Waals surface area contributed by atoms with E-state index in [0.717, 1.165) is 25.5 Å². The lowest BCUT2D eigenvalue weighted by atomic mass is 9.94. The zero-order valence-corrected chi connectivity index (χ0v) is 8.27. The number of methoxy groups -OCH3 is 1. The molecule has 0 aliphatic carbocycles. The van der Waals surface area contributed by atoms with Gasteiger partial charge in [-0.3, -0.25) is 10.1 Å². The van der Waals surface area contributed by atoms with Crippen molar-refractivity contribution in [1.29, 1.82) is 0 Å². The second-order valence-corrected chi connectivity index (χ2v) is 3.40. The quantitative estimate of drug-likeness (QED) is 0.509. The van der Waals surface area contributed by atoms with Crippen LogP contribution in [0.4, 0.5) is 0 Å². The monoisotopic (exact) mass is 201 g/mol. The Balaban J connectivity index is 2.64. The molecular weight excluding hydrogens is 186 g/mol. The number of rotatable bonds is 4. The van der Waals surface area contributed by atoms with Crippen LogP contribution in [0.1, 0.15) is 19.3 Å². The summed E-state index contributed by atoms with van der Waals surface area (Å²) in [5, 5.41) is 10.2.